The quantitative estimate of drug-likeness (QED) is 0.558. The van der Waals surface area contributed by atoms with Crippen molar-refractivity contribution >= 4 is 10.0 Å². The summed E-state index contributed by atoms with van der Waals surface area (Å²) in [4.78, 5) is 0. The molecule has 2 N–H and O–H groups in total. The van der Waals surface area contributed by atoms with E-state index in [0.717, 1.165) is 12.8 Å². The van der Waals surface area contributed by atoms with Crippen molar-refractivity contribution in [2.24, 2.45) is 0 Å². The molecule has 4 nitrogen and oxygen atoms in total. The second kappa shape index (κ2) is 6.39. The number of hydrogen-bond donors (Lipinski definition) is 2. The maximum absolute atomic E-state index is 11.1. The largest absolute Gasteiger partial charge is 0.318 e. The molecular formula is C7H18N2O2S. The molecule has 0 aliphatic carbocycles. The summed E-state index contributed by atoms with van der Waals surface area (Å²) in [6.07, 6.45) is 1.64. The highest BCUT2D eigenvalue weighted by molar-refractivity contribution is 7.89. The van der Waals surface area contributed by atoms with Gasteiger partial charge in [0.15, 0.2) is 0 Å². The first-order valence-corrected chi connectivity index (χ1v) is 5.89. The van der Waals surface area contributed by atoms with E-state index in [9.17, 15) is 8.42 Å². The minimum absolute atomic E-state index is 0.243. The SMILES string of the molecule is CCCCS(=O)(=O)NCCNC. The zero-order valence-corrected chi connectivity index (χ0v) is 8.58. The maximum Gasteiger partial charge on any atom is 0.211 e. The van der Waals surface area contributed by atoms with Crippen molar-refractivity contribution in [3.63, 3.8) is 0 Å². The van der Waals surface area contributed by atoms with Crippen LogP contribution in [0.5, 0.6) is 0 Å². The van der Waals surface area contributed by atoms with E-state index in [-0.39, 0.29) is 5.75 Å². The van der Waals surface area contributed by atoms with E-state index in [1.807, 2.05) is 6.92 Å². The van der Waals surface area contributed by atoms with E-state index in [2.05, 4.69) is 10.0 Å². The molecule has 0 aliphatic heterocycles. The number of rotatable bonds is 7. The van der Waals surface area contributed by atoms with Crippen LogP contribution in [-0.2, 0) is 10.0 Å². The predicted molar refractivity (Wildman–Crippen MR) is 50.6 cm³/mol. The van der Waals surface area contributed by atoms with Crippen molar-refractivity contribution in [3.8, 4) is 0 Å². The first kappa shape index (κ1) is 11.9. The van der Waals surface area contributed by atoms with Crippen LogP contribution < -0.4 is 10.0 Å². The summed E-state index contributed by atoms with van der Waals surface area (Å²) in [6.45, 7) is 3.12. The molecule has 0 aliphatic rings. The van der Waals surface area contributed by atoms with Gasteiger partial charge in [-0.25, -0.2) is 13.1 Å². The molecule has 0 saturated carbocycles. The molecule has 0 unspecified atom stereocenters. The Bertz CT molecular complexity index is 190. The summed E-state index contributed by atoms with van der Waals surface area (Å²) < 4.78 is 24.8. The van der Waals surface area contributed by atoms with Crippen LogP contribution in [0, 0.1) is 0 Å². The Balaban J connectivity index is 3.58. The fraction of sp³-hybridized carbons (Fsp3) is 1.00. The monoisotopic (exact) mass is 194 g/mol. The maximum atomic E-state index is 11.1. The van der Waals surface area contributed by atoms with Gasteiger partial charge in [-0.2, -0.15) is 0 Å². The highest BCUT2D eigenvalue weighted by Crippen LogP contribution is 1.92. The van der Waals surface area contributed by atoms with Crippen LogP contribution in [0.3, 0.4) is 0 Å². The number of hydrogen-bond acceptors (Lipinski definition) is 3. The van der Waals surface area contributed by atoms with Crippen LogP contribution in [0.15, 0.2) is 0 Å². The normalized spacial score (nSPS) is 11.8. The molecule has 0 aromatic carbocycles. The van der Waals surface area contributed by atoms with Crippen molar-refractivity contribution in [1.29, 1.82) is 0 Å². The van der Waals surface area contributed by atoms with Crippen molar-refractivity contribution in [3.05, 3.63) is 0 Å². The molecule has 0 fully saturated rings. The number of likely N-dealkylation sites (N-methyl/N-ethyl adjacent to an activating group) is 1. The first-order valence-electron chi connectivity index (χ1n) is 4.24. The molecule has 74 valence electrons. The molecule has 0 saturated heterocycles. The Hall–Kier alpha value is -0.130. The number of nitrogens with one attached hydrogen (secondary N) is 2. The van der Waals surface area contributed by atoms with Crippen LogP contribution in [-0.4, -0.2) is 34.3 Å². The van der Waals surface area contributed by atoms with Crippen molar-refractivity contribution in [2.75, 3.05) is 25.9 Å². The van der Waals surface area contributed by atoms with Crippen LogP contribution in [0.1, 0.15) is 19.8 Å². The molecule has 0 rings (SSSR count). The molecule has 0 aromatic heterocycles. The van der Waals surface area contributed by atoms with Gasteiger partial charge in [0.25, 0.3) is 0 Å². The highest BCUT2D eigenvalue weighted by Gasteiger charge is 2.06. The number of sulfonamides is 1. The van der Waals surface area contributed by atoms with E-state index in [4.69, 9.17) is 0 Å². The average molecular weight is 194 g/mol. The first-order chi connectivity index (χ1) is 5.62. The molecule has 0 bridgehead atoms. The Labute approximate surface area is 74.8 Å². The fourth-order valence-electron chi connectivity index (χ4n) is 0.738. The third kappa shape index (κ3) is 6.57. The molecule has 0 atom stereocenters. The van der Waals surface area contributed by atoms with Gasteiger partial charge in [-0.05, 0) is 13.5 Å². The molecule has 12 heavy (non-hydrogen) atoms. The summed E-state index contributed by atoms with van der Waals surface area (Å²) in [5, 5.41) is 2.87. The zero-order chi connectivity index (χ0) is 9.45. The molecular weight excluding hydrogens is 176 g/mol. The molecule has 0 aromatic rings. The third-order valence-electron chi connectivity index (χ3n) is 1.46. The minimum Gasteiger partial charge on any atom is -0.318 e. The lowest BCUT2D eigenvalue weighted by Crippen LogP contribution is -2.32. The molecule has 0 spiro atoms. The molecule has 5 heteroatoms. The topological polar surface area (TPSA) is 58.2 Å². The summed E-state index contributed by atoms with van der Waals surface area (Å²) in [5.41, 5.74) is 0. The van der Waals surface area contributed by atoms with Gasteiger partial charge in [0.1, 0.15) is 0 Å². The lowest BCUT2D eigenvalue weighted by atomic mass is 10.4. The van der Waals surface area contributed by atoms with Crippen molar-refractivity contribution in [2.45, 2.75) is 19.8 Å². The van der Waals surface area contributed by atoms with Crippen LogP contribution in [0.2, 0.25) is 0 Å². The Morgan fingerprint density at radius 3 is 2.42 bits per heavy atom. The number of unbranched alkanes of at least 4 members (excludes halogenated alkanes) is 1. The second-order valence-electron chi connectivity index (χ2n) is 2.67. The minimum atomic E-state index is -3.01. The molecule has 0 amide bonds. The summed E-state index contributed by atoms with van der Waals surface area (Å²) >= 11 is 0. The third-order valence-corrected chi connectivity index (χ3v) is 2.93. The van der Waals surface area contributed by atoms with Crippen molar-refractivity contribution in [1.82, 2.24) is 10.0 Å². The standard InChI is InChI=1S/C7H18N2O2S/c1-3-4-7-12(10,11)9-6-5-8-2/h8-9H,3-7H2,1-2H3. The van der Waals surface area contributed by atoms with Gasteiger partial charge < -0.3 is 5.32 Å². The Morgan fingerprint density at radius 2 is 1.92 bits per heavy atom. The summed E-state index contributed by atoms with van der Waals surface area (Å²) in [5.74, 6) is 0.243. The van der Waals surface area contributed by atoms with E-state index < -0.39 is 10.0 Å². The lowest BCUT2D eigenvalue weighted by molar-refractivity contribution is 0.576. The van der Waals surface area contributed by atoms with E-state index >= 15 is 0 Å². The van der Waals surface area contributed by atoms with Gasteiger partial charge in [0.05, 0.1) is 5.75 Å². The van der Waals surface area contributed by atoms with E-state index in [1.54, 1.807) is 7.05 Å². The second-order valence-corrected chi connectivity index (χ2v) is 4.60. The van der Waals surface area contributed by atoms with Crippen molar-refractivity contribution < 1.29 is 8.42 Å². The zero-order valence-electron chi connectivity index (χ0n) is 7.76. The average Bonchev–Trinajstić information content (AvgIpc) is 2.01. The Morgan fingerprint density at radius 1 is 1.25 bits per heavy atom. The molecule has 0 radical (unpaired) electrons. The van der Waals surface area contributed by atoms with E-state index in [1.165, 1.54) is 0 Å². The lowest BCUT2D eigenvalue weighted by Gasteiger charge is -2.04. The van der Waals surface area contributed by atoms with Gasteiger partial charge in [0, 0.05) is 13.1 Å². The predicted octanol–water partition coefficient (Wildman–Crippen LogP) is -0.0747. The highest BCUT2D eigenvalue weighted by atomic mass is 32.2. The Kier molecular flexibility index (Phi) is 6.32. The van der Waals surface area contributed by atoms with Gasteiger partial charge in [-0.3, -0.25) is 0 Å². The van der Waals surface area contributed by atoms with E-state index in [0.29, 0.717) is 13.1 Å². The summed E-state index contributed by atoms with van der Waals surface area (Å²) in [7, 11) is -1.21. The van der Waals surface area contributed by atoms with Gasteiger partial charge in [-0.1, -0.05) is 13.3 Å². The fourth-order valence-corrected chi connectivity index (χ4v) is 1.96. The van der Waals surface area contributed by atoms with Crippen LogP contribution >= 0.6 is 0 Å². The van der Waals surface area contributed by atoms with Crippen LogP contribution in [0.4, 0.5) is 0 Å². The van der Waals surface area contributed by atoms with Gasteiger partial charge in [0.2, 0.25) is 10.0 Å². The smallest absolute Gasteiger partial charge is 0.211 e. The van der Waals surface area contributed by atoms with Crippen LogP contribution in [0.25, 0.3) is 0 Å². The van der Waals surface area contributed by atoms with Gasteiger partial charge in [-0.15, -0.1) is 0 Å². The van der Waals surface area contributed by atoms with Gasteiger partial charge >= 0.3 is 0 Å². The molecule has 0 heterocycles. The summed E-state index contributed by atoms with van der Waals surface area (Å²) in [6, 6.07) is 0.